The fraction of sp³-hybridized carbons (Fsp3) is 0.667. The molecule has 0 spiro atoms. The van der Waals surface area contributed by atoms with Gasteiger partial charge < -0.3 is 15.0 Å². The van der Waals surface area contributed by atoms with Gasteiger partial charge in [0.25, 0.3) is 0 Å². The molecule has 106 valence electrons. The van der Waals surface area contributed by atoms with Crippen molar-refractivity contribution in [1.82, 2.24) is 15.2 Å². The molecule has 1 aromatic heterocycles. The van der Waals surface area contributed by atoms with Gasteiger partial charge in [-0.3, -0.25) is 0 Å². The number of likely N-dealkylation sites (N-methyl/N-ethyl adjacent to an activating group) is 1. The molecule has 0 aromatic carbocycles. The number of hydrogen-bond donors (Lipinski definition) is 1. The third-order valence-corrected chi connectivity index (χ3v) is 3.55. The Morgan fingerprint density at radius 2 is 2.16 bits per heavy atom. The molecule has 0 atom stereocenters. The minimum atomic E-state index is 0.703. The van der Waals surface area contributed by atoms with E-state index in [-0.39, 0.29) is 0 Å². The first kappa shape index (κ1) is 14.3. The fourth-order valence-electron chi connectivity index (χ4n) is 2.04. The van der Waals surface area contributed by atoms with Crippen molar-refractivity contribution in [3.63, 3.8) is 0 Å². The Morgan fingerprint density at radius 1 is 1.37 bits per heavy atom. The zero-order valence-electron chi connectivity index (χ0n) is 12.1. The Labute approximate surface area is 116 Å². The van der Waals surface area contributed by atoms with Crippen molar-refractivity contribution in [2.24, 2.45) is 0 Å². The van der Waals surface area contributed by atoms with Gasteiger partial charge in [-0.2, -0.15) is 0 Å². The summed E-state index contributed by atoms with van der Waals surface area (Å²) in [6.07, 6.45) is 4.41. The van der Waals surface area contributed by atoms with Crippen LogP contribution in [0, 0.1) is 0 Å². The second-order valence-electron chi connectivity index (χ2n) is 5.00. The van der Waals surface area contributed by atoms with Crippen LogP contribution in [0.2, 0.25) is 0 Å². The molecule has 1 aliphatic rings. The summed E-state index contributed by atoms with van der Waals surface area (Å²) in [4.78, 5) is 6.70. The van der Waals surface area contributed by atoms with Gasteiger partial charge in [-0.15, -0.1) is 0 Å². The Hall–Kier alpha value is -1.13. The van der Waals surface area contributed by atoms with E-state index in [0.29, 0.717) is 12.6 Å². The first-order valence-corrected chi connectivity index (χ1v) is 7.36. The fourth-order valence-corrected chi connectivity index (χ4v) is 2.04. The van der Waals surface area contributed by atoms with Crippen LogP contribution in [0.3, 0.4) is 0 Å². The summed E-state index contributed by atoms with van der Waals surface area (Å²) in [6.45, 7) is 9.01. The molecular weight excluding hydrogens is 238 g/mol. The molecule has 0 radical (unpaired) electrons. The molecule has 0 saturated heterocycles. The van der Waals surface area contributed by atoms with Crippen LogP contribution < -0.4 is 10.1 Å². The van der Waals surface area contributed by atoms with Gasteiger partial charge in [0.2, 0.25) is 5.88 Å². The lowest BCUT2D eigenvalue weighted by molar-refractivity contribution is 0.216. The highest BCUT2D eigenvalue weighted by molar-refractivity contribution is 5.25. The van der Waals surface area contributed by atoms with E-state index in [2.05, 4.69) is 35.1 Å². The molecule has 0 bridgehead atoms. The molecule has 0 unspecified atom stereocenters. The summed E-state index contributed by atoms with van der Waals surface area (Å²) in [5.74, 6) is 0.780. The highest BCUT2D eigenvalue weighted by atomic mass is 16.5. The van der Waals surface area contributed by atoms with Gasteiger partial charge in [0.1, 0.15) is 6.61 Å². The molecule has 1 heterocycles. The van der Waals surface area contributed by atoms with Gasteiger partial charge in [-0.25, -0.2) is 4.98 Å². The molecule has 1 saturated carbocycles. The van der Waals surface area contributed by atoms with E-state index in [1.54, 1.807) is 6.20 Å². The molecule has 1 aromatic rings. The summed E-state index contributed by atoms with van der Waals surface area (Å²) < 4.78 is 5.83. The van der Waals surface area contributed by atoms with Gasteiger partial charge in [0.05, 0.1) is 0 Å². The van der Waals surface area contributed by atoms with Gasteiger partial charge in [0, 0.05) is 30.9 Å². The van der Waals surface area contributed by atoms with E-state index in [4.69, 9.17) is 4.74 Å². The van der Waals surface area contributed by atoms with Crippen molar-refractivity contribution in [2.75, 3.05) is 26.2 Å². The molecule has 19 heavy (non-hydrogen) atoms. The van der Waals surface area contributed by atoms with E-state index in [1.165, 1.54) is 12.8 Å². The summed E-state index contributed by atoms with van der Waals surface area (Å²) in [6, 6.07) is 4.78. The Kier molecular flexibility index (Phi) is 5.61. The van der Waals surface area contributed by atoms with E-state index >= 15 is 0 Å². The third kappa shape index (κ3) is 4.80. The number of pyridine rings is 1. The average molecular weight is 263 g/mol. The standard InChI is InChI=1S/C15H25N3O/c1-3-18(4-2)10-11-19-15-13(6-5-9-16-15)12-17-14-7-8-14/h5-6,9,14,17H,3-4,7-8,10-12H2,1-2H3. The van der Waals surface area contributed by atoms with Crippen molar-refractivity contribution < 1.29 is 4.74 Å². The molecule has 1 fully saturated rings. The molecular formula is C15H25N3O. The number of ether oxygens (including phenoxy) is 1. The van der Waals surface area contributed by atoms with Crippen molar-refractivity contribution in [1.29, 1.82) is 0 Å². The Bertz CT molecular complexity index is 375. The maximum Gasteiger partial charge on any atom is 0.217 e. The van der Waals surface area contributed by atoms with Crippen molar-refractivity contribution in [2.45, 2.75) is 39.3 Å². The first-order chi connectivity index (χ1) is 9.33. The summed E-state index contributed by atoms with van der Waals surface area (Å²) in [5, 5.41) is 3.50. The Morgan fingerprint density at radius 3 is 2.84 bits per heavy atom. The summed E-state index contributed by atoms with van der Waals surface area (Å²) >= 11 is 0. The van der Waals surface area contributed by atoms with Gasteiger partial charge in [-0.05, 0) is 32.0 Å². The number of nitrogens with zero attached hydrogens (tertiary/aromatic N) is 2. The highest BCUT2D eigenvalue weighted by Gasteiger charge is 2.20. The third-order valence-electron chi connectivity index (χ3n) is 3.55. The molecule has 4 nitrogen and oxygen atoms in total. The lowest BCUT2D eigenvalue weighted by Crippen LogP contribution is -2.28. The van der Waals surface area contributed by atoms with Crippen LogP contribution >= 0.6 is 0 Å². The van der Waals surface area contributed by atoms with Crippen LogP contribution in [-0.4, -0.2) is 42.2 Å². The molecule has 1 aliphatic carbocycles. The highest BCUT2D eigenvalue weighted by Crippen LogP contribution is 2.21. The maximum absolute atomic E-state index is 5.83. The minimum Gasteiger partial charge on any atom is -0.476 e. The minimum absolute atomic E-state index is 0.703. The molecule has 4 heteroatoms. The van der Waals surface area contributed by atoms with E-state index < -0.39 is 0 Å². The summed E-state index contributed by atoms with van der Waals surface area (Å²) in [7, 11) is 0. The molecule has 0 aliphatic heterocycles. The van der Waals surface area contributed by atoms with Gasteiger partial charge in [-0.1, -0.05) is 19.9 Å². The predicted molar refractivity (Wildman–Crippen MR) is 77.4 cm³/mol. The number of hydrogen-bond acceptors (Lipinski definition) is 4. The Balaban J connectivity index is 1.80. The van der Waals surface area contributed by atoms with Crippen LogP contribution in [0.15, 0.2) is 18.3 Å². The normalized spacial score (nSPS) is 14.9. The number of rotatable bonds is 9. The zero-order valence-corrected chi connectivity index (χ0v) is 12.1. The van der Waals surface area contributed by atoms with Crippen molar-refractivity contribution in [3.8, 4) is 5.88 Å². The largest absolute Gasteiger partial charge is 0.476 e. The molecule has 2 rings (SSSR count). The molecule has 0 amide bonds. The topological polar surface area (TPSA) is 37.4 Å². The predicted octanol–water partition coefficient (Wildman–Crippen LogP) is 2.05. The number of aromatic nitrogens is 1. The monoisotopic (exact) mass is 263 g/mol. The van der Waals surface area contributed by atoms with Crippen molar-refractivity contribution in [3.05, 3.63) is 23.9 Å². The lowest BCUT2D eigenvalue weighted by Gasteiger charge is -2.18. The average Bonchev–Trinajstić information content (AvgIpc) is 3.26. The van der Waals surface area contributed by atoms with E-state index in [9.17, 15) is 0 Å². The quantitative estimate of drug-likeness (QED) is 0.740. The smallest absolute Gasteiger partial charge is 0.217 e. The van der Waals surface area contributed by atoms with Gasteiger partial charge in [0.15, 0.2) is 0 Å². The van der Waals surface area contributed by atoms with Crippen LogP contribution in [-0.2, 0) is 6.54 Å². The second-order valence-corrected chi connectivity index (χ2v) is 5.00. The van der Waals surface area contributed by atoms with Crippen LogP contribution in [0.4, 0.5) is 0 Å². The SMILES string of the molecule is CCN(CC)CCOc1ncccc1CNC1CC1. The van der Waals surface area contributed by atoms with Crippen LogP contribution in [0.1, 0.15) is 32.3 Å². The van der Waals surface area contributed by atoms with E-state index in [0.717, 1.165) is 37.6 Å². The van der Waals surface area contributed by atoms with Crippen LogP contribution in [0.25, 0.3) is 0 Å². The zero-order chi connectivity index (χ0) is 13.5. The van der Waals surface area contributed by atoms with Gasteiger partial charge >= 0.3 is 0 Å². The van der Waals surface area contributed by atoms with Crippen LogP contribution in [0.5, 0.6) is 5.88 Å². The molecule has 1 N–H and O–H groups in total. The number of nitrogens with one attached hydrogen (secondary N) is 1. The lowest BCUT2D eigenvalue weighted by atomic mass is 10.2. The first-order valence-electron chi connectivity index (χ1n) is 7.36. The summed E-state index contributed by atoms with van der Waals surface area (Å²) in [5.41, 5.74) is 1.16. The van der Waals surface area contributed by atoms with Crippen molar-refractivity contribution >= 4 is 0 Å². The second kappa shape index (κ2) is 7.46. The maximum atomic E-state index is 5.83. The van der Waals surface area contributed by atoms with E-state index in [1.807, 2.05) is 6.07 Å².